The number of halogens is 1. The Balaban J connectivity index is 2.10. The van der Waals surface area contributed by atoms with Crippen molar-refractivity contribution >= 4 is 26.6 Å². The highest BCUT2D eigenvalue weighted by Gasteiger charge is 2.17. The van der Waals surface area contributed by atoms with Crippen molar-refractivity contribution in [1.82, 2.24) is 4.57 Å². The van der Waals surface area contributed by atoms with E-state index in [0.717, 1.165) is 22.8 Å². The first-order valence-electron chi connectivity index (χ1n) is 6.70. The van der Waals surface area contributed by atoms with Crippen molar-refractivity contribution in [2.75, 3.05) is 4.72 Å². The summed E-state index contributed by atoms with van der Waals surface area (Å²) in [6.07, 6.45) is 0. The molecule has 0 fully saturated rings. The molecular formula is C15H11FN2O5S. The summed E-state index contributed by atoms with van der Waals surface area (Å²) < 4.78 is 45.5. The zero-order valence-electron chi connectivity index (χ0n) is 12.3. The fraction of sp³-hybridized carbons (Fsp3) is 0.0667. The van der Waals surface area contributed by atoms with E-state index in [2.05, 4.69) is 9.14 Å². The van der Waals surface area contributed by atoms with Crippen molar-refractivity contribution in [2.45, 2.75) is 4.90 Å². The number of aromatic nitrogens is 1. The van der Waals surface area contributed by atoms with Gasteiger partial charge in [0, 0.05) is 12.7 Å². The number of nitrogens with one attached hydrogen (secondary N) is 1. The van der Waals surface area contributed by atoms with Crippen LogP contribution in [0, 0.1) is 5.82 Å². The third kappa shape index (κ3) is 2.81. The molecule has 0 aliphatic carbocycles. The Kier molecular flexibility index (Phi) is 3.72. The Morgan fingerprint density at radius 1 is 1.08 bits per heavy atom. The molecule has 7 nitrogen and oxygen atoms in total. The highest BCUT2D eigenvalue weighted by Crippen LogP contribution is 2.19. The van der Waals surface area contributed by atoms with E-state index in [1.54, 1.807) is 0 Å². The summed E-state index contributed by atoms with van der Waals surface area (Å²) in [5.41, 5.74) is -0.507. The second kappa shape index (κ2) is 5.60. The van der Waals surface area contributed by atoms with Gasteiger partial charge in [-0.25, -0.2) is 22.4 Å². The molecule has 0 aliphatic heterocycles. The third-order valence-electron chi connectivity index (χ3n) is 3.41. The van der Waals surface area contributed by atoms with Crippen LogP contribution in [0.15, 0.2) is 61.4 Å². The first-order valence-corrected chi connectivity index (χ1v) is 8.18. The van der Waals surface area contributed by atoms with E-state index in [9.17, 15) is 22.4 Å². The van der Waals surface area contributed by atoms with E-state index in [1.807, 2.05) is 0 Å². The number of hydrogen-bond acceptors (Lipinski definition) is 5. The molecule has 0 saturated carbocycles. The highest BCUT2D eigenvalue weighted by molar-refractivity contribution is 7.92. The van der Waals surface area contributed by atoms with E-state index in [4.69, 9.17) is 0 Å². The van der Waals surface area contributed by atoms with Crippen molar-refractivity contribution in [3.63, 3.8) is 0 Å². The Labute approximate surface area is 135 Å². The lowest BCUT2D eigenvalue weighted by atomic mass is 10.2. The molecular weight excluding hydrogens is 339 g/mol. The fourth-order valence-corrected chi connectivity index (χ4v) is 3.26. The minimum atomic E-state index is -4.00. The molecule has 124 valence electrons. The lowest BCUT2D eigenvalue weighted by molar-refractivity contribution is 0.432. The van der Waals surface area contributed by atoms with Crippen LogP contribution in [0.5, 0.6) is 0 Å². The minimum Gasteiger partial charge on any atom is -0.372 e. The Bertz CT molecular complexity index is 1150. The molecule has 0 radical (unpaired) electrons. The van der Waals surface area contributed by atoms with Crippen LogP contribution < -0.4 is 16.1 Å². The molecule has 0 bridgehead atoms. The maximum Gasteiger partial charge on any atom is 0.422 e. The Hall–Kier alpha value is -2.94. The zero-order chi connectivity index (χ0) is 17.5. The normalized spacial score (nSPS) is 11.6. The molecule has 9 heteroatoms. The van der Waals surface area contributed by atoms with E-state index >= 15 is 0 Å². The van der Waals surface area contributed by atoms with Crippen LogP contribution in [0.3, 0.4) is 0 Å². The van der Waals surface area contributed by atoms with Gasteiger partial charge in [-0.15, -0.1) is 0 Å². The van der Waals surface area contributed by atoms with E-state index in [1.165, 1.54) is 31.3 Å². The molecule has 0 aliphatic rings. The van der Waals surface area contributed by atoms with Crippen LogP contribution in [0.1, 0.15) is 0 Å². The van der Waals surface area contributed by atoms with Gasteiger partial charge in [0.2, 0.25) is 0 Å². The number of fused-ring (bicyclic) bond motifs is 1. The van der Waals surface area contributed by atoms with Gasteiger partial charge >= 0.3 is 11.4 Å². The van der Waals surface area contributed by atoms with Crippen LogP contribution in [0.2, 0.25) is 0 Å². The fourth-order valence-electron chi connectivity index (χ4n) is 2.17. The van der Waals surface area contributed by atoms with Gasteiger partial charge in [-0.1, -0.05) is 0 Å². The molecule has 24 heavy (non-hydrogen) atoms. The number of benzene rings is 2. The molecule has 1 heterocycles. The predicted octanol–water partition coefficient (Wildman–Crippen LogP) is 1.43. The number of hydrogen-bond donors (Lipinski definition) is 1. The highest BCUT2D eigenvalue weighted by atomic mass is 32.2. The summed E-state index contributed by atoms with van der Waals surface area (Å²) in [4.78, 5) is 23.0. The molecule has 1 N–H and O–H groups in total. The van der Waals surface area contributed by atoms with Gasteiger partial charge in [0.1, 0.15) is 5.82 Å². The topological polar surface area (TPSA) is 98.4 Å². The standard InChI is InChI=1S/C15H11FN2O5S/c1-18-13-7-6-11(8-12(13)14(19)23-15(18)20)24(21,22)17-10-4-2-9(16)3-5-10/h2-8,17H,1H3. The maximum absolute atomic E-state index is 12.9. The van der Waals surface area contributed by atoms with E-state index in [0.29, 0.717) is 0 Å². The van der Waals surface area contributed by atoms with Crippen LogP contribution >= 0.6 is 0 Å². The Morgan fingerprint density at radius 3 is 2.42 bits per heavy atom. The van der Waals surface area contributed by atoms with Crippen molar-refractivity contribution < 1.29 is 17.2 Å². The molecule has 0 saturated heterocycles. The summed E-state index contributed by atoms with van der Waals surface area (Å²) in [6, 6.07) is 8.48. The quantitative estimate of drug-likeness (QED) is 0.770. The van der Waals surface area contributed by atoms with Crippen LogP contribution in [-0.2, 0) is 17.1 Å². The first-order chi connectivity index (χ1) is 11.3. The number of sulfonamides is 1. The number of aryl methyl sites for hydroxylation is 1. The molecule has 0 spiro atoms. The summed E-state index contributed by atoms with van der Waals surface area (Å²) >= 11 is 0. The smallest absolute Gasteiger partial charge is 0.372 e. The van der Waals surface area contributed by atoms with Crippen molar-refractivity contribution in [1.29, 1.82) is 0 Å². The van der Waals surface area contributed by atoms with Crippen molar-refractivity contribution in [3.8, 4) is 0 Å². The monoisotopic (exact) mass is 350 g/mol. The summed E-state index contributed by atoms with van der Waals surface area (Å²) in [6.45, 7) is 0. The summed E-state index contributed by atoms with van der Waals surface area (Å²) in [5, 5.41) is -0.0425. The van der Waals surface area contributed by atoms with Gasteiger partial charge in [-0.2, -0.15) is 0 Å². The summed E-state index contributed by atoms with van der Waals surface area (Å²) in [7, 11) is -2.60. The zero-order valence-corrected chi connectivity index (χ0v) is 13.1. The summed E-state index contributed by atoms with van der Waals surface area (Å²) in [5.74, 6) is -1.34. The molecule has 3 rings (SSSR count). The minimum absolute atomic E-state index is 0.0425. The van der Waals surface area contributed by atoms with Gasteiger partial charge in [0.05, 0.1) is 15.8 Å². The lowest BCUT2D eigenvalue weighted by Crippen LogP contribution is -2.23. The maximum atomic E-state index is 12.9. The first kappa shape index (κ1) is 15.9. The average molecular weight is 350 g/mol. The second-order valence-electron chi connectivity index (χ2n) is 5.01. The molecule has 1 aromatic heterocycles. The van der Waals surface area contributed by atoms with Gasteiger partial charge in [0.15, 0.2) is 0 Å². The average Bonchev–Trinajstić information content (AvgIpc) is 2.54. The van der Waals surface area contributed by atoms with Crippen molar-refractivity contribution in [2.24, 2.45) is 7.05 Å². The molecule has 3 aromatic rings. The van der Waals surface area contributed by atoms with Gasteiger partial charge in [-0.05, 0) is 42.5 Å². The van der Waals surface area contributed by atoms with E-state index < -0.39 is 27.2 Å². The third-order valence-corrected chi connectivity index (χ3v) is 4.79. The molecule has 0 atom stereocenters. The lowest BCUT2D eigenvalue weighted by Gasteiger charge is -2.09. The predicted molar refractivity (Wildman–Crippen MR) is 84.9 cm³/mol. The second-order valence-corrected chi connectivity index (χ2v) is 6.69. The molecule has 0 amide bonds. The largest absolute Gasteiger partial charge is 0.422 e. The van der Waals surface area contributed by atoms with Gasteiger partial charge in [-0.3, -0.25) is 9.29 Å². The van der Waals surface area contributed by atoms with E-state index in [-0.39, 0.29) is 21.5 Å². The SMILES string of the molecule is Cn1c(=O)oc(=O)c2cc(S(=O)(=O)Nc3ccc(F)cc3)ccc21. The molecule has 0 unspecified atom stereocenters. The number of nitrogens with zero attached hydrogens (tertiary/aromatic N) is 1. The van der Waals surface area contributed by atoms with Crippen LogP contribution in [0.25, 0.3) is 10.9 Å². The molecule has 2 aromatic carbocycles. The number of anilines is 1. The van der Waals surface area contributed by atoms with Crippen molar-refractivity contribution in [3.05, 3.63) is 69.3 Å². The van der Waals surface area contributed by atoms with Gasteiger partial charge < -0.3 is 4.42 Å². The van der Waals surface area contributed by atoms with Gasteiger partial charge in [0.25, 0.3) is 10.0 Å². The number of rotatable bonds is 3. The Morgan fingerprint density at radius 2 is 1.75 bits per heavy atom. The van der Waals surface area contributed by atoms with Crippen LogP contribution in [0.4, 0.5) is 10.1 Å². The van der Waals surface area contributed by atoms with Crippen LogP contribution in [-0.4, -0.2) is 13.0 Å².